The zero-order chi connectivity index (χ0) is 54.4. The van der Waals surface area contributed by atoms with Crippen molar-refractivity contribution >= 4 is 147 Å². The Balaban J connectivity index is -0.000000209. The van der Waals surface area contributed by atoms with E-state index in [0.717, 1.165) is 65.5 Å². The van der Waals surface area contributed by atoms with Crippen molar-refractivity contribution < 1.29 is 142 Å². The second-order valence-electron chi connectivity index (χ2n) is 17.9. The minimum absolute atomic E-state index is 0. The van der Waals surface area contributed by atoms with Crippen molar-refractivity contribution in [2.75, 3.05) is 0 Å². The van der Waals surface area contributed by atoms with Crippen LogP contribution in [0.1, 0.15) is 27.7 Å². The number of halogens is 1. The SMILES string of the molecule is [CH-]=CP.[CH-]=CP.[CH-]=CPc1cc2c(ccc3cc(-c4ccc(-c5cnc(PC=[CH-])[nH]5)cc4)ccc32)[nH]1.[CH-]=CPc1cc2c(ccc3cc(B4OC(C)(C)C(C)(C)O4)ccc32)[nH]1.[CH-]=CPc1ncc(-c2ccc(Br)cc2)[nH]1.[CH3-].[CH3-].[CH3-].[CH3-].[CH3-].[CH3-].[V+2].[V+2].[V+2].[V+2].[V+2].[V+2].[W]. The van der Waals surface area contributed by atoms with E-state index in [4.69, 9.17) is 35.6 Å². The Bertz CT molecular complexity index is 3660. The number of hydrogen-bond acceptors (Lipinski definition) is 4. The second kappa shape index (κ2) is 49.5. The molecule has 0 spiro atoms. The first kappa shape index (κ1) is 102. The molecule has 6 unspecified atom stereocenters. The molecular weight excluding hydrogens is 1670 g/mol. The summed E-state index contributed by atoms with van der Waals surface area (Å²) in [4.78, 5) is 22.0. The fraction of sp³-hybridized carbons (Fsp3) is 0.0909. The van der Waals surface area contributed by atoms with E-state index in [1.165, 1.54) is 55.1 Å². The van der Waals surface area contributed by atoms with Gasteiger partial charge < -0.3 is 113 Å². The van der Waals surface area contributed by atoms with Crippen LogP contribution in [0.3, 0.4) is 0 Å². The maximum absolute atomic E-state index is 6.18. The molecule has 10 aromatic rings. The summed E-state index contributed by atoms with van der Waals surface area (Å²) >= 11 is 3.40. The predicted molar refractivity (Wildman–Crippen MR) is 385 cm³/mol. The number of nitrogens with one attached hydrogen (secondary N) is 4. The molecule has 458 valence electrons. The molecule has 23 heteroatoms. The topological polar surface area (TPSA) is 107 Å². The summed E-state index contributed by atoms with van der Waals surface area (Å²) in [7, 11) is 5.92. The predicted octanol–water partition coefficient (Wildman–Crippen LogP) is 17.1. The Morgan fingerprint density at radius 1 is 0.449 bits per heavy atom. The van der Waals surface area contributed by atoms with Crippen molar-refractivity contribution in [1.29, 1.82) is 0 Å². The number of nitrogens with zero attached hydrogens (tertiary/aromatic N) is 2. The number of H-pyrrole nitrogens is 4. The summed E-state index contributed by atoms with van der Waals surface area (Å²) in [5.74, 6) is 9.48. The van der Waals surface area contributed by atoms with Crippen LogP contribution in [-0.2, 0) is 142 Å². The summed E-state index contributed by atoms with van der Waals surface area (Å²) < 4.78 is 13.4. The van der Waals surface area contributed by atoms with Crippen molar-refractivity contribution in [3.8, 4) is 33.6 Å². The Kier molecular flexibility index (Phi) is 56.5. The largest absolute Gasteiger partial charge is 2.00 e. The molecule has 1 aliphatic rings. The quantitative estimate of drug-likeness (QED) is 0.0555. The Labute approximate surface area is 640 Å². The van der Waals surface area contributed by atoms with Gasteiger partial charge in [-0.25, -0.2) is 33.2 Å². The second-order valence-corrected chi connectivity index (χ2v) is 24.1. The number of benzene rings is 6. The Morgan fingerprint density at radius 2 is 0.798 bits per heavy atom. The average molecular weight is 1750 g/mol. The number of hydrogen-bond donors (Lipinski definition) is 4. The number of imidazole rings is 2. The molecule has 11 rings (SSSR count). The number of aromatic nitrogens is 6. The molecule has 5 heterocycles. The Hall–Kier alpha value is -0.980. The van der Waals surface area contributed by atoms with Crippen LogP contribution in [0.15, 0.2) is 173 Å². The molecule has 4 N–H and O–H groups in total. The standard InChI is InChI=1S/C25H19N3P2.C20H22BNO2P.C11H9BrN2P.2C2H4P.6CH3.6V.W/c1-3-29-24-14-21-20-11-9-18(13-19(20)10-12-22(21)27-24)16-5-7-17(8-6-16)23-15-26-25(28-23)30-4-2;1-6-25-18-12-16-15-9-8-14(11-13(15)7-10-17(16)22-18)21-23-19(2,3)20(4,5)24-21;1-2-15-11-13-7-10(14-11)8-3-5-9(12)6-4-8;2*1-2-3;;;;;;;;;;;;;/h1-15,27,29-30H,(H,26,28);1,6-12,22,25H,2-5H3;1-7,15H,(H,13,14);2*1-2H,3H2;6*1H3;;;;;;;/q-2;10*-1;6*+2;. The maximum Gasteiger partial charge on any atom is 2.00 e. The zero-order valence-electron chi connectivity index (χ0n) is 51.5. The van der Waals surface area contributed by atoms with E-state index in [1.807, 2.05) is 36.7 Å². The van der Waals surface area contributed by atoms with Gasteiger partial charge in [0.05, 0.1) is 35.0 Å². The summed E-state index contributed by atoms with van der Waals surface area (Å²) in [5.41, 5.74) is 13.5. The van der Waals surface area contributed by atoms with E-state index in [-0.39, 0.29) is 195 Å². The maximum atomic E-state index is 6.18. The Morgan fingerprint density at radius 3 is 1.19 bits per heavy atom. The minimum atomic E-state index is -0.333. The number of aromatic amines is 4. The van der Waals surface area contributed by atoms with Crippen LogP contribution in [0.5, 0.6) is 0 Å². The van der Waals surface area contributed by atoms with Crippen LogP contribution in [0, 0.1) is 84.0 Å². The monoisotopic (exact) mass is 1750 g/mol. The van der Waals surface area contributed by atoms with Gasteiger partial charge in [-0.15, -0.1) is 0 Å². The van der Waals surface area contributed by atoms with Gasteiger partial charge in [-0.3, -0.25) is 11.6 Å². The van der Waals surface area contributed by atoms with Crippen molar-refractivity contribution in [3.05, 3.63) is 257 Å². The third-order valence-electron chi connectivity index (χ3n) is 12.5. The minimum Gasteiger partial charge on any atom is -0.514 e. The van der Waals surface area contributed by atoms with Crippen molar-refractivity contribution in [2.24, 2.45) is 0 Å². The van der Waals surface area contributed by atoms with Gasteiger partial charge in [0.15, 0.2) is 0 Å². The van der Waals surface area contributed by atoms with Crippen LogP contribution in [0.4, 0.5) is 0 Å². The van der Waals surface area contributed by atoms with Crippen LogP contribution in [0.2, 0.25) is 0 Å². The van der Waals surface area contributed by atoms with E-state index in [0.29, 0.717) is 34.3 Å². The van der Waals surface area contributed by atoms with Crippen LogP contribution < -0.4 is 27.5 Å². The summed E-state index contributed by atoms with van der Waals surface area (Å²) in [6, 6.07) is 42.7. The van der Waals surface area contributed by atoms with E-state index < -0.39 is 0 Å². The van der Waals surface area contributed by atoms with Gasteiger partial charge in [0.25, 0.3) is 0 Å². The van der Waals surface area contributed by atoms with Gasteiger partial charge in [-0.1, -0.05) is 129 Å². The van der Waals surface area contributed by atoms with Crippen molar-refractivity contribution in [2.45, 2.75) is 38.9 Å². The van der Waals surface area contributed by atoms with Crippen molar-refractivity contribution in [1.82, 2.24) is 29.9 Å². The van der Waals surface area contributed by atoms with Gasteiger partial charge in [-0.2, -0.15) is 18.5 Å². The van der Waals surface area contributed by atoms with Gasteiger partial charge in [0, 0.05) is 58.2 Å². The van der Waals surface area contributed by atoms with E-state index >= 15 is 0 Å². The number of rotatable bonds is 12. The summed E-state index contributed by atoms with van der Waals surface area (Å²) in [6.07, 6.45) is 3.69. The molecule has 8 nitrogen and oxygen atoms in total. The molecule has 0 saturated carbocycles. The molecule has 1 saturated heterocycles. The molecular formula is C66H76BBrN6O2P6V6W. The first-order chi connectivity index (χ1) is 36.7. The normalized spacial score (nSPS) is 11.7. The zero-order valence-corrected chi connectivity index (χ0v) is 70.8. The van der Waals surface area contributed by atoms with Gasteiger partial charge >= 0.3 is 118 Å². The average Bonchev–Trinajstić information content (AvgIpc) is 4.36. The molecule has 1 fully saturated rings. The van der Waals surface area contributed by atoms with Crippen LogP contribution >= 0.6 is 68.7 Å². The molecule has 0 aliphatic carbocycles. The molecule has 4 aromatic heterocycles. The summed E-state index contributed by atoms with van der Waals surface area (Å²) in [5, 5.41) is 7.35. The fourth-order valence-electron chi connectivity index (χ4n) is 8.26. The number of fused-ring (bicyclic) bond motifs is 6. The molecule has 0 bridgehead atoms. The molecule has 0 amide bonds. The smallest absolute Gasteiger partial charge is 0.514 e. The first-order valence-corrected chi connectivity index (χ1v) is 30.3. The molecule has 6 atom stereocenters. The van der Waals surface area contributed by atoms with Crippen LogP contribution in [0.25, 0.3) is 77.0 Å². The van der Waals surface area contributed by atoms with E-state index in [1.54, 1.807) is 23.3 Å². The van der Waals surface area contributed by atoms with Gasteiger partial charge in [0.1, 0.15) is 11.1 Å². The van der Waals surface area contributed by atoms with Gasteiger partial charge in [-0.05, 0) is 119 Å². The molecule has 1 aliphatic heterocycles. The van der Waals surface area contributed by atoms with E-state index in [2.05, 4.69) is 202 Å². The molecule has 6 aromatic carbocycles. The third kappa shape index (κ3) is 27.2. The summed E-state index contributed by atoms with van der Waals surface area (Å²) in [6.45, 7) is 39.7. The van der Waals surface area contributed by atoms with Crippen molar-refractivity contribution in [3.63, 3.8) is 0 Å². The molecule has 6 radical (unpaired) electrons. The van der Waals surface area contributed by atoms with E-state index in [9.17, 15) is 0 Å². The van der Waals surface area contributed by atoms with Crippen LogP contribution in [-0.4, -0.2) is 48.2 Å². The van der Waals surface area contributed by atoms with Gasteiger partial charge in [0.2, 0.25) is 0 Å². The first-order valence-electron chi connectivity index (χ1n) is 23.8. The third-order valence-corrected chi connectivity index (χ3v) is 16.0. The molecule has 89 heavy (non-hydrogen) atoms. The fourth-order valence-corrected chi connectivity index (χ4v) is 10.8.